The first-order chi connectivity index (χ1) is 10.7. The fourth-order valence-corrected chi connectivity index (χ4v) is 2.91. The molecule has 2 rings (SSSR count). The zero-order chi connectivity index (χ0) is 17.2. The molecule has 1 atom stereocenters. The number of sulfonamides is 1. The van der Waals surface area contributed by atoms with Gasteiger partial charge in [-0.25, -0.2) is 8.42 Å². The van der Waals surface area contributed by atoms with Gasteiger partial charge in [0.25, 0.3) is 10.0 Å². The summed E-state index contributed by atoms with van der Waals surface area (Å²) in [5.41, 5.74) is 8.98. The van der Waals surface area contributed by atoms with Crippen LogP contribution in [0.15, 0.2) is 27.6 Å². The van der Waals surface area contributed by atoms with Crippen molar-refractivity contribution in [3.63, 3.8) is 0 Å². The third-order valence-electron chi connectivity index (χ3n) is 3.48. The molecular formula is C15H20N4O3S. The summed E-state index contributed by atoms with van der Waals surface area (Å²) in [6.45, 7) is 4.08. The van der Waals surface area contributed by atoms with Gasteiger partial charge in [0.05, 0.1) is 12.8 Å². The number of hydrogen-bond donors (Lipinski definition) is 2. The zero-order valence-electron chi connectivity index (χ0n) is 13.3. The Labute approximate surface area is 135 Å². The van der Waals surface area contributed by atoms with Gasteiger partial charge in [-0.3, -0.25) is 9.79 Å². The zero-order valence-corrected chi connectivity index (χ0v) is 14.1. The molecule has 0 fully saturated rings. The Bertz CT molecular complexity index is 797. The normalized spacial score (nSPS) is 19.4. The van der Waals surface area contributed by atoms with E-state index in [2.05, 4.69) is 14.7 Å². The van der Waals surface area contributed by atoms with Gasteiger partial charge in [0.2, 0.25) is 5.96 Å². The molecule has 124 valence electrons. The lowest BCUT2D eigenvalue weighted by atomic mass is 9.90. The molecule has 0 spiro atoms. The molecule has 7 nitrogen and oxygen atoms in total. The molecule has 1 aliphatic rings. The SMILES string of the molecule is Cc1cc(C2=NCC(=O)CC2C)ccc1NC(N)=NS(C)(=O)=O. The maximum Gasteiger partial charge on any atom is 0.253 e. The number of nitrogens with one attached hydrogen (secondary N) is 1. The van der Waals surface area contributed by atoms with Crippen LogP contribution in [0.25, 0.3) is 0 Å². The number of aryl methyl sites for hydroxylation is 1. The Morgan fingerprint density at radius 1 is 1.43 bits per heavy atom. The third kappa shape index (κ3) is 4.62. The third-order valence-corrected chi connectivity index (χ3v) is 4.00. The van der Waals surface area contributed by atoms with Crippen LogP contribution >= 0.6 is 0 Å². The lowest BCUT2D eigenvalue weighted by molar-refractivity contribution is -0.118. The minimum Gasteiger partial charge on any atom is -0.369 e. The maximum atomic E-state index is 11.4. The summed E-state index contributed by atoms with van der Waals surface area (Å²) in [5.74, 6) is 0.0599. The summed E-state index contributed by atoms with van der Waals surface area (Å²) in [6.07, 6.45) is 1.48. The lowest BCUT2D eigenvalue weighted by Crippen LogP contribution is -2.25. The standard InChI is InChI=1S/C15H20N4O3S/c1-9-6-11(14-10(2)7-12(20)8-17-14)4-5-13(9)18-15(16)19-23(3,21)22/h4-6,10H,7-8H2,1-3H3,(H3,16,18,19). The summed E-state index contributed by atoms with van der Waals surface area (Å²) < 4.78 is 25.6. The van der Waals surface area contributed by atoms with Crippen molar-refractivity contribution in [2.45, 2.75) is 20.3 Å². The first kappa shape index (κ1) is 17.1. The molecule has 0 bridgehead atoms. The number of ketones is 1. The van der Waals surface area contributed by atoms with Crippen LogP contribution in [0.5, 0.6) is 0 Å². The van der Waals surface area contributed by atoms with Crippen LogP contribution in [0, 0.1) is 12.8 Å². The monoisotopic (exact) mass is 336 g/mol. The average molecular weight is 336 g/mol. The molecule has 1 heterocycles. The fourth-order valence-electron chi connectivity index (χ4n) is 2.51. The number of Topliss-reactive ketones (excluding diaryl/α,β-unsaturated/α-hetero) is 1. The second kappa shape index (κ2) is 6.49. The molecule has 8 heteroatoms. The van der Waals surface area contributed by atoms with E-state index in [0.29, 0.717) is 12.1 Å². The maximum absolute atomic E-state index is 11.4. The molecule has 0 aliphatic carbocycles. The van der Waals surface area contributed by atoms with E-state index >= 15 is 0 Å². The number of hydrogen-bond acceptors (Lipinski definition) is 4. The van der Waals surface area contributed by atoms with E-state index in [1.165, 1.54) is 0 Å². The van der Waals surface area contributed by atoms with Crippen molar-refractivity contribution in [2.75, 3.05) is 18.1 Å². The van der Waals surface area contributed by atoms with Crippen LogP contribution in [0.4, 0.5) is 5.69 Å². The molecule has 0 radical (unpaired) electrons. The van der Waals surface area contributed by atoms with Gasteiger partial charge in [-0.1, -0.05) is 13.0 Å². The summed E-state index contributed by atoms with van der Waals surface area (Å²) in [5, 5.41) is 2.77. The summed E-state index contributed by atoms with van der Waals surface area (Å²) in [7, 11) is -3.54. The highest BCUT2D eigenvalue weighted by Crippen LogP contribution is 2.22. The van der Waals surface area contributed by atoms with Crippen molar-refractivity contribution in [1.29, 1.82) is 0 Å². The van der Waals surface area contributed by atoms with Crippen molar-refractivity contribution in [1.82, 2.24) is 0 Å². The molecule has 1 aromatic carbocycles. The van der Waals surface area contributed by atoms with Crippen LogP contribution in [0.1, 0.15) is 24.5 Å². The van der Waals surface area contributed by atoms with E-state index in [9.17, 15) is 13.2 Å². The molecule has 0 amide bonds. The number of nitrogens with zero attached hydrogens (tertiary/aromatic N) is 2. The highest BCUT2D eigenvalue weighted by Gasteiger charge is 2.21. The topological polar surface area (TPSA) is 114 Å². The molecule has 0 saturated carbocycles. The van der Waals surface area contributed by atoms with Crippen molar-refractivity contribution < 1.29 is 13.2 Å². The first-order valence-electron chi connectivity index (χ1n) is 7.15. The smallest absolute Gasteiger partial charge is 0.253 e. The van der Waals surface area contributed by atoms with E-state index in [0.717, 1.165) is 23.1 Å². The number of guanidine groups is 1. The van der Waals surface area contributed by atoms with Gasteiger partial charge >= 0.3 is 0 Å². The van der Waals surface area contributed by atoms with Gasteiger partial charge in [-0.2, -0.15) is 0 Å². The Kier molecular flexibility index (Phi) is 4.84. The Morgan fingerprint density at radius 3 is 2.70 bits per heavy atom. The summed E-state index contributed by atoms with van der Waals surface area (Å²) in [6, 6.07) is 5.59. The van der Waals surface area contributed by atoms with Gasteiger partial charge in [0.1, 0.15) is 0 Å². The van der Waals surface area contributed by atoms with Crippen molar-refractivity contribution in [3.05, 3.63) is 29.3 Å². The van der Waals surface area contributed by atoms with E-state index in [1.54, 1.807) is 6.07 Å². The van der Waals surface area contributed by atoms with Crippen LogP contribution < -0.4 is 11.1 Å². The minimum atomic E-state index is -3.54. The van der Waals surface area contributed by atoms with Crippen LogP contribution in [0.3, 0.4) is 0 Å². The first-order valence-corrected chi connectivity index (χ1v) is 9.00. The van der Waals surface area contributed by atoms with Crippen molar-refractivity contribution in [2.24, 2.45) is 21.0 Å². The molecular weight excluding hydrogens is 316 g/mol. The number of nitrogens with two attached hydrogens (primary N) is 1. The number of rotatable bonds is 3. The quantitative estimate of drug-likeness (QED) is 0.633. The number of aliphatic imine (C=N–C) groups is 1. The molecule has 0 aromatic heterocycles. The van der Waals surface area contributed by atoms with E-state index in [1.807, 2.05) is 26.0 Å². The van der Waals surface area contributed by atoms with Gasteiger partial charge in [-0.05, 0) is 30.2 Å². The van der Waals surface area contributed by atoms with E-state index in [-0.39, 0.29) is 24.2 Å². The van der Waals surface area contributed by atoms with E-state index in [4.69, 9.17) is 5.73 Å². The van der Waals surface area contributed by atoms with Gasteiger partial charge < -0.3 is 11.1 Å². The average Bonchev–Trinajstić information content (AvgIpc) is 2.39. The van der Waals surface area contributed by atoms with Gasteiger partial charge in [0, 0.05) is 23.7 Å². The number of carbonyl (C=O) groups excluding carboxylic acids is 1. The fraction of sp³-hybridized carbons (Fsp3) is 0.400. The molecule has 0 saturated heterocycles. The predicted molar refractivity (Wildman–Crippen MR) is 91.5 cm³/mol. The number of carbonyl (C=O) groups is 1. The van der Waals surface area contributed by atoms with Crippen LogP contribution in [-0.2, 0) is 14.8 Å². The van der Waals surface area contributed by atoms with E-state index < -0.39 is 10.0 Å². The second-order valence-electron chi connectivity index (χ2n) is 5.71. The minimum absolute atomic E-state index is 0.0892. The Hall–Kier alpha value is -2.22. The molecule has 1 aliphatic heterocycles. The number of anilines is 1. The Morgan fingerprint density at radius 2 is 2.13 bits per heavy atom. The largest absolute Gasteiger partial charge is 0.369 e. The highest BCUT2D eigenvalue weighted by atomic mass is 32.2. The summed E-state index contributed by atoms with van der Waals surface area (Å²) >= 11 is 0. The predicted octanol–water partition coefficient (Wildman–Crippen LogP) is 1.08. The van der Waals surface area contributed by atoms with Crippen LogP contribution in [-0.4, -0.2) is 38.7 Å². The highest BCUT2D eigenvalue weighted by molar-refractivity contribution is 7.89. The van der Waals surface area contributed by atoms with Gasteiger partial charge in [-0.15, -0.1) is 4.40 Å². The van der Waals surface area contributed by atoms with Gasteiger partial charge in [0.15, 0.2) is 5.78 Å². The van der Waals surface area contributed by atoms with Crippen molar-refractivity contribution in [3.8, 4) is 0 Å². The molecule has 1 aromatic rings. The summed E-state index contributed by atoms with van der Waals surface area (Å²) in [4.78, 5) is 15.8. The molecule has 3 N–H and O–H groups in total. The van der Waals surface area contributed by atoms with Crippen LogP contribution in [0.2, 0.25) is 0 Å². The number of benzene rings is 1. The lowest BCUT2D eigenvalue weighted by Gasteiger charge is -2.20. The molecule has 1 unspecified atom stereocenters. The molecule has 23 heavy (non-hydrogen) atoms. The second-order valence-corrected chi connectivity index (χ2v) is 7.36. The van der Waals surface area contributed by atoms with Crippen molar-refractivity contribution >= 4 is 33.2 Å². The Balaban J connectivity index is 2.25.